The lowest BCUT2D eigenvalue weighted by Gasteiger charge is -2.30. The van der Waals surface area contributed by atoms with Gasteiger partial charge >= 0.3 is 0 Å². The summed E-state index contributed by atoms with van der Waals surface area (Å²) < 4.78 is 6.22. The summed E-state index contributed by atoms with van der Waals surface area (Å²) in [5.74, 6) is 0.987. The van der Waals surface area contributed by atoms with Gasteiger partial charge in [0.1, 0.15) is 11.9 Å². The molecule has 112 valence electrons. The van der Waals surface area contributed by atoms with Crippen molar-refractivity contribution in [2.45, 2.75) is 65.0 Å². The fourth-order valence-electron chi connectivity index (χ4n) is 3.25. The van der Waals surface area contributed by atoms with Crippen molar-refractivity contribution in [1.29, 1.82) is 0 Å². The molecule has 2 nitrogen and oxygen atoms in total. The van der Waals surface area contributed by atoms with Gasteiger partial charge in [0.25, 0.3) is 0 Å². The van der Waals surface area contributed by atoms with Crippen molar-refractivity contribution in [2.75, 3.05) is 7.05 Å². The first-order chi connectivity index (χ1) is 9.24. The van der Waals surface area contributed by atoms with E-state index in [9.17, 15) is 0 Å². The molecule has 0 aliphatic heterocycles. The maximum atomic E-state index is 6.22. The van der Waals surface area contributed by atoms with E-state index in [4.69, 9.17) is 4.74 Å². The summed E-state index contributed by atoms with van der Waals surface area (Å²) in [7, 11) is 2.04. The molecular weight excluding hydrogens is 246 g/mol. The van der Waals surface area contributed by atoms with Crippen LogP contribution in [0.5, 0.6) is 5.75 Å². The summed E-state index contributed by atoms with van der Waals surface area (Å²) in [5.41, 5.74) is 1.85. The predicted molar refractivity (Wildman–Crippen MR) is 85.4 cm³/mol. The van der Waals surface area contributed by atoms with E-state index >= 15 is 0 Å². The Kier molecular flexibility index (Phi) is 4.15. The van der Waals surface area contributed by atoms with Gasteiger partial charge < -0.3 is 10.1 Å². The van der Waals surface area contributed by atoms with E-state index in [0.29, 0.717) is 11.5 Å². The van der Waals surface area contributed by atoms with Crippen molar-refractivity contribution >= 4 is 0 Å². The Morgan fingerprint density at radius 2 is 1.75 bits per heavy atom. The van der Waals surface area contributed by atoms with Gasteiger partial charge in [0.15, 0.2) is 0 Å². The number of likely N-dealkylation sites (N-methyl/N-ethyl adjacent to an activating group) is 1. The quantitative estimate of drug-likeness (QED) is 0.895. The molecule has 1 fully saturated rings. The van der Waals surface area contributed by atoms with Crippen LogP contribution in [0.1, 0.15) is 53.0 Å². The van der Waals surface area contributed by atoms with Crippen LogP contribution in [0, 0.1) is 5.41 Å². The summed E-state index contributed by atoms with van der Waals surface area (Å²) in [5, 5.41) is 3.44. The predicted octanol–water partition coefficient (Wildman–Crippen LogP) is 4.14. The standard InChI is InChI=1S/C18H29NO/c1-17(2,3)13-7-9-14(10-8-13)20-15-11-12-18(4,5)16(15)19-6/h7-10,15-16,19H,11-12H2,1-6H3. The van der Waals surface area contributed by atoms with Crippen molar-refractivity contribution in [3.63, 3.8) is 0 Å². The van der Waals surface area contributed by atoms with E-state index in [2.05, 4.69) is 64.2 Å². The number of hydrogen-bond donors (Lipinski definition) is 1. The van der Waals surface area contributed by atoms with Crippen molar-refractivity contribution in [2.24, 2.45) is 5.41 Å². The second-order valence-electron chi connectivity index (χ2n) is 7.72. The summed E-state index contributed by atoms with van der Waals surface area (Å²) in [6, 6.07) is 9.01. The van der Waals surface area contributed by atoms with Gasteiger partial charge in [-0.15, -0.1) is 0 Å². The third-order valence-electron chi connectivity index (χ3n) is 4.61. The van der Waals surface area contributed by atoms with Gasteiger partial charge in [0.2, 0.25) is 0 Å². The van der Waals surface area contributed by atoms with E-state index in [1.54, 1.807) is 0 Å². The Morgan fingerprint density at radius 1 is 1.15 bits per heavy atom. The van der Waals surface area contributed by atoms with E-state index in [0.717, 1.165) is 12.2 Å². The molecule has 2 unspecified atom stereocenters. The van der Waals surface area contributed by atoms with E-state index in [-0.39, 0.29) is 11.5 Å². The molecule has 1 N–H and O–H groups in total. The van der Waals surface area contributed by atoms with Gasteiger partial charge in [-0.05, 0) is 48.4 Å². The molecule has 1 aromatic carbocycles. The molecule has 1 aliphatic rings. The molecule has 0 aromatic heterocycles. The second kappa shape index (κ2) is 5.40. The zero-order valence-electron chi connectivity index (χ0n) is 13.8. The van der Waals surface area contributed by atoms with Crippen LogP contribution < -0.4 is 10.1 Å². The molecule has 2 rings (SSSR count). The van der Waals surface area contributed by atoms with Crippen molar-refractivity contribution < 1.29 is 4.74 Å². The normalized spacial score (nSPS) is 25.7. The lowest BCUT2D eigenvalue weighted by atomic mass is 9.87. The van der Waals surface area contributed by atoms with Gasteiger partial charge in [-0.2, -0.15) is 0 Å². The van der Waals surface area contributed by atoms with Crippen molar-refractivity contribution in [3.05, 3.63) is 29.8 Å². The highest BCUT2D eigenvalue weighted by atomic mass is 16.5. The second-order valence-corrected chi connectivity index (χ2v) is 7.72. The van der Waals surface area contributed by atoms with Crippen LogP contribution in [0.15, 0.2) is 24.3 Å². The molecule has 0 spiro atoms. The summed E-state index contributed by atoms with van der Waals surface area (Å²) in [6.45, 7) is 11.3. The van der Waals surface area contributed by atoms with E-state index in [1.165, 1.54) is 12.0 Å². The molecule has 0 saturated heterocycles. The Labute approximate surface area is 123 Å². The molecule has 1 aliphatic carbocycles. The first-order valence-electron chi connectivity index (χ1n) is 7.68. The maximum absolute atomic E-state index is 6.22. The minimum Gasteiger partial charge on any atom is -0.489 e. The molecule has 1 saturated carbocycles. The molecule has 2 heteroatoms. The Bertz CT molecular complexity index is 441. The fraction of sp³-hybridized carbons (Fsp3) is 0.667. The van der Waals surface area contributed by atoms with Crippen molar-refractivity contribution in [3.8, 4) is 5.75 Å². The molecule has 2 atom stereocenters. The smallest absolute Gasteiger partial charge is 0.119 e. The highest BCUT2D eigenvalue weighted by Crippen LogP contribution is 2.39. The summed E-state index contributed by atoms with van der Waals surface area (Å²) >= 11 is 0. The number of rotatable bonds is 3. The van der Waals surface area contributed by atoms with Gasteiger partial charge in [0.05, 0.1) is 0 Å². The van der Waals surface area contributed by atoms with Gasteiger partial charge in [0, 0.05) is 6.04 Å². The zero-order valence-corrected chi connectivity index (χ0v) is 13.8. The third kappa shape index (κ3) is 3.17. The van der Waals surface area contributed by atoms with E-state index in [1.807, 2.05) is 7.05 Å². The largest absolute Gasteiger partial charge is 0.489 e. The lowest BCUT2D eigenvalue weighted by Crippen LogP contribution is -2.44. The minimum atomic E-state index is 0.196. The average molecular weight is 275 g/mol. The first-order valence-corrected chi connectivity index (χ1v) is 7.68. The molecule has 1 aromatic rings. The number of hydrogen-bond acceptors (Lipinski definition) is 2. The van der Waals surface area contributed by atoms with Gasteiger partial charge in [-0.3, -0.25) is 0 Å². The summed E-state index contributed by atoms with van der Waals surface area (Å²) in [6.07, 6.45) is 2.61. The number of nitrogens with one attached hydrogen (secondary N) is 1. The van der Waals surface area contributed by atoms with Gasteiger partial charge in [-0.1, -0.05) is 46.8 Å². The molecule has 0 amide bonds. The maximum Gasteiger partial charge on any atom is 0.119 e. The molecular formula is C18H29NO. The van der Waals surface area contributed by atoms with Crippen molar-refractivity contribution in [1.82, 2.24) is 5.32 Å². The Morgan fingerprint density at radius 3 is 2.25 bits per heavy atom. The topological polar surface area (TPSA) is 21.3 Å². The minimum absolute atomic E-state index is 0.196. The Hall–Kier alpha value is -1.02. The van der Waals surface area contributed by atoms with Crippen LogP contribution in [0.4, 0.5) is 0 Å². The monoisotopic (exact) mass is 275 g/mol. The number of benzene rings is 1. The molecule has 0 heterocycles. The average Bonchev–Trinajstić information content (AvgIpc) is 2.63. The van der Waals surface area contributed by atoms with Crippen LogP contribution in [0.2, 0.25) is 0 Å². The van der Waals surface area contributed by atoms with Crippen LogP contribution >= 0.6 is 0 Å². The van der Waals surface area contributed by atoms with Crippen LogP contribution in [-0.2, 0) is 5.41 Å². The third-order valence-corrected chi connectivity index (χ3v) is 4.61. The molecule has 0 bridgehead atoms. The molecule has 20 heavy (non-hydrogen) atoms. The van der Waals surface area contributed by atoms with Crippen LogP contribution in [0.3, 0.4) is 0 Å². The first kappa shape index (κ1) is 15.4. The van der Waals surface area contributed by atoms with Gasteiger partial charge in [-0.25, -0.2) is 0 Å². The lowest BCUT2D eigenvalue weighted by molar-refractivity contribution is 0.146. The van der Waals surface area contributed by atoms with Crippen LogP contribution in [0.25, 0.3) is 0 Å². The Balaban J connectivity index is 2.07. The fourth-order valence-corrected chi connectivity index (χ4v) is 3.25. The number of ether oxygens (including phenoxy) is 1. The highest BCUT2D eigenvalue weighted by molar-refractivity contribution is 5.31. The van der Waals surface area contributed by atoms with E-state index < -0.39 is 0 Å². The highest BCUT2D eigenvalue weighted by Gasteiger charge is 2.42. The molecule has 0 radical (unpaired) electrons. The van der Waals surface area contributed by atoms with Crippen LogP contribution in [-0.4, -0.2) is 19.2 Å². The SMILES string of the molecule is CNC1C(Oc2ccc(C(C)(C)C)cc2)CCC1(C)C. The zero-order chi connectivity index (χ0) is 15.0. The summed E-state index contributed by atoms with van der Waals surface area (Å²) in [4.78, 5) is 0.